The van der Waals surface area contributed by atoms with Gasteiger partial charge in [-0.1, -0.05) is 12.2 Å². The first-order valence-corrected chi connectivity index (χ1v) is 9.85. The highest BCUT2D eigenvalue weighted by molar-refractivity contribution is 9.10. The van der Waals surface area contributed by atoms with Crippen LogP contribution in [0.5, 0.6) is 0 Å². The highest BCUT2D eigenvalue weighted by Crippen LogP contribution is 2.46. The number of nitrogens with two attached hydrogens (primary N) is 1. The Bertz CT molecular complexity index is 1110. The zero-order valence-electron chi connectivity index (χ0n) is 14.7. The minimum absolute atomic E-state index is 0.0769. The van der Waals surface area contributed by atoms with E-state index in [1.807, 2.05) is 0 Å². The number of primary amides is 1. The van der Waals surface area contributed by atoms with E-state index in [4.69, 9.17) is 5.73 Å². The number of aromatic amines is 1. The number of nitrogens with zero attached hydrogens (tertiary/aromatic N) is 2. The molecule has 0 unspecified atom stereocenters. The molecule has 0 aliphatic heterocycles. The smallest absolute Gasteiger partial charge is 0.223 e. The summed E-state index contributed by atoms with van der Waals surface area (Å²) in [5.41, 5.74) is 8.51. The summed E-state index contributed by atoms with van der Waals surface area (Å²) in [6.07, 6.45) is 6.87. The summed E-state index contributed by atoms with van der Waals surface area (Å²) < 4.78 is 14.0. The molecule has 0 spiro atoms. The standard InChI is InChI=1S/C20H17BrFN5O/c21-13-8-24-20-17(26-19(27-20)9-3-5-12(22)6-4-9)16(13)25-15-11-2-1-10(7-11)14(15)18(23)28/h1-6,8,10-11,14-15H,7H2,(H2,23,28)(H2,24,25,26,27)/t10-,11+,14+,15-/m1/s1. The molecule has 4 N–H and O–H groups in total. The number of pyridine rings is 1. The van der Waals surface area contributed by atoms with Crippen LogP contribution in [-0.4, -0.2) is 26.9 Å². The molecule has 0 radical (unpaired) electrons. The van der Waals surface area contributed by atoms with E-state index in [0.717, 1.165) is 27.7 Å². The van der Waals surface area contributed by atoms with E-state index in [1.165, 1.54) is 12.1 Å². The molecule has 3 aromatic rings. The van der Waals surface area contributed by atoms with Crippen LogP contribution in [0.4, 0.5) is 10.1 Å². The summed E-state index contributed by atoms with van der Waals surface area (Å²) in [6.45, 7) is 0. The summed E-state index contributed by atoms with van der Waals surface area (Å²) in [5.74, 6) is 0.217. The molecule has 28 heavy (non-hydrogen) atoms. The summed E-state index contributed by atoms with van der Waals surface area (Å²) in [5, 5.41) is 3.52. The number of fused-ring (bicyclic) bond motifs is 3. The van der Waals surface area contributed by atoms with Gasteiger partial charge in [0.2, 0.25) is 5.91 Å². The molecule has 2 heterocycles. The highest BCUT2D eigenvalue weighted by atomic mass is 79.9. The second-order valence-corrected chi connectivity index (χ2v) is 8.17. The number of carbonyl (C=O) groups is 1. The number of amides is 1. The Hall–Kier alpha value is -2.74. The molecule has 6 nitrogen and oxygen atoms in total. The third-order valence-corrected chi connectivity index (χ3v) is 6.29. The van der Waals surface area contributed by atoms with E-state index in [9.17, 15) is 9.18 Å². The number of halogens is 2. The molecule has 2 bridgehead atoms. The van der Waals surface area contributed by atoms with E-state index >= 15 is 0 Å². The van der Waals surface area contributed by atoms with Crippen LogP contribution in [0.25, 0.3) is 22.6 Å². The Morgan fingerprint density at radius 1 is 1.25 bits per heavy atom. The van der Waals surface area contributed by atoms with Crippen molar-refractivity contribution >= 4 is 38.7 Å². The molecule has 4 atom stereocenters. The van der Waals surface area contributed by atoms with Gasteiger partial charge in [0.25, 0.3) is 0 Å². The quantitative estimate of drug-likeness (QED) is 0.538. The van der Waals surface area contributed by atoms with Gasteiger partial charge in [-0.3, -0.25) is 4.79 Å². The van der Waals surface area contributed by atoms with Crippen LogP contribution in [-0.2, 0) is 4.79 Å². The Kier molecular flexibility index (Phi) is 3.97. The number of imidazole rings is 1. The van der Waals surface area contributed by atoms with Gasteiger partial charge in [-0.25, -0.2) is 14.4 Å². The molecule has 2 aliphatic carbocycles. The van der Waals surface area contributed by atoms with E-state index in [1.54, 1.807) is 18.3 Å². The summed E-state index contributed by atoms with van der Waals surface area (Å²) in [4.78, 5) is 24.2. The molecule has 2 aliphatic rings. The minimum atomic E-state index is -0.301. The van der Waals surface area contributed by atoms with Crippen LogP contribution in [0, 0.1) is 23.6 Å². The van der Waals surface area contributed by atoms with Crippen molar-refractivity contribution in [3.05, 3.63) is 52.9 Å². The molecule has 1 amide bonds. The van der Waals surface area contributed by atoms with Crippen molar-refractivity contribution in [2.24, 2.45) is 23.5 Å². The maximum absolute atomic E-state index is 13.2. The number of nitrogens with one attached hydrogen (secondary N) is 2. The lowest BCUT2D eigenvalue weighted by Gasteiger charge is -2.28. The minimum Gasteiger partial charge on any atom is -0.378 e. The third kappa shape index (κ3) is 2.71. The largest absolute Gasteiger partial charge is 0.378 e. The first-order chi connectivity index (χ1) is 13.5. The van der Waals surface area contributed by atoms with Crippen molar-refractivity contribution in [1.82, 2.24) is 15.0 Å². The van der Waals surface area contributed by atoms with Crippen LogP contribution >= 0.6 is 15.9 Å². The number of H-pyrrole nitrogens is 1. The topological polar surface area (TPSA) is 96.7 Å². The maximum atomic E-state index is 13.2. The predicted octanol–water partition coefficient (Wildman–Crippen LogP) is 3.61. The normalized spacial score (nSPS) is 25.5. The van der Waals surface area contributed by atoms with Gasteiger partial charge in [0.15, 0.2) is 5.65 Å². The van der Waals surface area contributed by atoms with Crippen molar-refractivity contribution in [3.8, 4) is 11.4 Å². The number of hydrogen-bond donors (Lipinski definition) is 3. The zero-order chi connectivity index (χ0) is 19.4. The Morgan fingerprint density at radius 3 is 2.75 bits per heavy atom. The van der Waals surface area contributed by atoms with Crippen molar-refractivity contribution in [1.29, 1.82) is 0 Å². The fourth-order valence-corrected chi connectivity index (χ4v) is 4.81. The summed E-state index contributed by atoms with van der Waals surface area (Å²) in [7, 11) is 0. The Labute approximate surface area is 168 Å². The van der Waals surface area contributed by atoms with Gasteiger partial charge in [-0.2, -0.15) is 0 Å². The average molecular weight is 442 g/mol. The highest BCUT2D eigenvalue weighted by Gasteiger charge is 2.47. The number of hydrogen-bond acceptors (Lipinski definition) is 4. The Morgan fingerprint density at radius 2 is 2.00 bits per heavy atom. The van der Waals surface area contributed by atoms with Crippen LogP contribution in [0.2, 0.25) is 0 Å². The van der Waals surface area contributed by atoms with Gasteiger partial charge in [0.05, 0.1) is 16.1 Å². The van der Waals surface area contributed by atoms with Gasteiger partial charge in [0, 0.05) is 17.8 Å². The number of benzene rings is 1. The SMILES string of the molecule is NC(=O)[C@@H]1[C@H](Nc2c(Br)cnc3nc(-c4ccc(F)cc4)[nH]c23)[C@H]2C=C[C@@H]1C2. The molecule has 142 valence electrons. The molecular weight excluding hydrogens is 425 g/mol. The molecule has 1 aromatic carbocycles. The maximum Gasteiger partial charge on any atom is 0.223 e. The van der Waals surface area contributed by atoms with E-state index in [2.05, 4.69) is 48.4 Å². The van der Waals surface area contributed by atoms with Crippen LogP contribution in [0.15, 0.2) is 47.1 Å². The zero-order valence-corrected chi connectivity index (χ0v) is 16.3. The number of aromatic nitrogens is 3. The number of allylic oxidation sites excluding steroid dienone is 1. The number of anilines is 1. The lowest BCUT2D eigenvalue weighted by Crippen LogP contribution is -2.41. The monoisotopic (exact) mass is 441 g/mol. The summed E-state index contributed by atoms with van der Waals surface area (Å²) >= 11 is 3.55. The van der Waals surface area contributed by atoms with E-state index in [0.29, 0.717) is 11.5 Å². The van der Waals surface area contributed by atoms with Gasteiger partial charge < -0.3 is 16.0 Å². The van der Waals surface area contributed by atoms with Crippen molar-refractivity contribution in [2.75, 3.05) is 5.32 Å². The first-order valence-electron chi connectivity index (χ1n) is 9.05. The third-order valence-electron chi connectivity index (χ3n) is 5.69. The van der Waals surface area contributed by atoms with E-state index in [-0.39, 0.29) is 35.5 Å². The van der Waals surface area contributed by atoms with E-state index < -0.39 is 0 Å². The molecule has 0 saturated heterocycles. The lowest BCUT2D eigenvalue weighted by atomic mass is 9.88. The lowest BCUT2D eigenvalue weighted by molar-refractivity contribution is -0.122. The molecular formula is C20H17BrFN5O. The van der Waals surface area contributed by atoms with Crippen molar-refractivity contribution in [2.45, 2.75) is 12.5 Å². The molecule has 5 rings (SSSR count). The molecule has 2 aromatic heterocycles. The Balaban J connectivity index is 1.56. The van der Waals surface area contributed by atoms with Gasteiger partial charge in [-0.15, -0.1) is 0 Å². The van der Waals surface area contributed by atoms with Gasteiger partial charge in [-0.05, 0) is 58.5 Å². The second-order valence-electron chi connectivity index (χ2n) is 7.32. The van der Waals surface area contributed by atoms with Gasteiger partial charge in [0.1, 0.15) is 17.2 Å². The van der Waals surface area contributed by atoms with Gasteiger partial charge >= 0.3 is 0 Å². The fraction of sp³-hybridized carbons (Fsp3) is 0.250. The number of rotatable bonds is 4. The van der Waals surface area contributed by atoms with Crippen molar-refractivity contribution < 1.29 is 9.18 Å². The molecule has 1 fully saturated rings. The number of carbonyl (C=O) groups excluding carboxylic acids is 1. The molecule has 8 heteroatoms. The second kappa shape index (κ2) is 6.41. The summed E-state index contributed by atoms with van der Waals surface area (Å²) in [6, 6.07) is 6.04. The van der Waals surface area contributed by atoms with Crippen LogP contribution in [0.1, 0.15) is 6.42 Å². The first kappa shape index (κ1) is 17.4. The van der Waals surface area contributed by atoms with Crippen LogP contribution < -0.4 is 11.1 Å². The predicted molar refractivity (Wildman–Crippen MR) is 108 cm³/mol. The van der Waals surface area contributed by atoms with Crippen molar-refractivity contribution in [3.63, 3.8) is 0 Å². The van der Waals surface area contributed by atoms with Crippen LogP contribution in [0.3, 0.4) is 0 Å². The fourth-order valence-electron chi connectivity index (χ4n) is 4.39. The average Bonchev–Trinajstić information content (AvgIpc) is 3.38. The molecule has 1 saturated carbocycles.